The van der Waals surface area contributed by atoms with E-state index in [1.54, 1.807) is 6.20 Å². The van der Waals surface area contributed by atoms with Crippen LogP contribution in [0.5, 0.6) is 0 Å². The number of hydrogen-bond donors (Lipinski definition) is 1. The van der Waals surface area contributed by atoms with Crippen LogP contribution in [0, 0.1) is 6.92 Å². The third-order valence-electron chi connectivity index (χ3n) is 5.64. The van der Waals surface area contributed by atoms with E-state index >= 15 is 0 Å². The van der Waals surface area contributed by atoms with Crippen LogP contribution in [0.1, 0.15) is 43.2 Å². The summed E-state index contributed by atoms with van der Waals surface area (Å²) in [5, 5.41) is 11.6. The van der Waals surface area contributed by atoms with Crippen molar-refractivity contribution in [1.29, 1.82) is 0 Å². The third kappa shape index (κ3) is 2.21. The van der Waals surface area contributed by atoms with Crippen LogP contribution in [0.3, 0.4) is 0 Å². The minimum atomic E-state index is -3.08. The van der Waals surface area contributed by atoms with E-state index in [-0.39, 0.29) is 0 Å². The van der Waals surface area contributed by atoms with Gasteiger partial charge in [0, 0.05) is 11.6 Å². The van der Waals surface area contributed by atoms with Gasteiger partial charge in [-0.25, -0.2) is 8.42 Å². The van der Waals surface area contributed by atoms with Crippen LogP contribution in [0.4, 0.5) is 0 Å². The maximum absolute atomic E-state index is 12.5. The summed E-state index contributed by atoms with van der Waals surface area (Å²) in [7, 11) is -3.08. The minimum absolute atomic E-state index is 0.311. The number of nitrogens with zero attached hydrogens (tertiary/aromatic N) is 1. The summed E-state index contributed by atoms with van der Waals surface area (Å²) in [6.45, 7) is 1.97. The molecule has 0 saturated carbocycles. The molecule has 0 amide bonds. The molecule has 1 aromatic carbocycles. The van der Waals surface area contributed by atoms with Gasteiger partial charge < -0.3 is 5.11 Å². The van der Waals surface area contributed by atoms with Gasteiger partial charge in [-0.15, -0.1) is 0 Å². The topological polar surface area (TPSA) is 67.3 Å². The summed E-state index contributed by atoms with van der Waals surface area (Å²) in [4.78, 5) is 4.44. The lowest BCUT2D eigenvalue weighted by Gasteiger charge is -2.44. The van der Waals surface area contributed by atoms with E-state index in [2.05, 4.69) is 4.98 Å². The number of rotatable bonds is 1. The van der Waals surface area contributed by atoms with Gasteiger partial charge in [0.1, 0.15) is 0 Å². The molecule has 1 N–H and O–H groups in total. The zero-order valence-electron chi connectivity index (χ0n) is 13.2. The summed E-state index contributed by atoms with van der Waals surface area (Å²) in [5.41, 5.74) is 1.63. The smallest absolute Gasteiger partial charge is 0.156 e. The largest absolute Gasteiger partial charge is 0.385 e. The van der Waals surface area contributed by atoms with E-state index in [1.165, 1.54) is 0 Å². The van der Waals surface area contributed by atoms with Gasteiger partial charge in [-0.2, -0.15) is 0 Å². The van der Waals surface area contributed by atoms with E-state index in [1.807, 2.05) is 31.2 Å². The Bertz CT molecular complexity index is 855. The standard InChI is InChI=1S/C18H21NO3S/c1-12-16(8-7-13-4-3-9-19-17(12)13)18(20)10-14-5-2-6-15(11-18)23(14,21)22/h3-4,7-9,14-15,20H,2,5-6,10-11H2,1H3. The number of aromatic nitrogens is 1. The molecule has 2 aliphatic heterocycles. The van der Waals surface area contributed by atoms with Gasteiger partial charge in [0.2, 0.25) is 0 Å². The molecule has 2 bridgehead atoms. The van der Waals surface area contributed by atoms with Crippen LogP contribution in [0.15, 0.2) is 30.5 Å². The van der Waals surface area contributed by atoms with Crippen molar-refractivity contribution in [3.05, 3.63) is 41.6 Å². The normalized spacial score (nSPS) is 32.8. The molecule has 4 nitrogen and oxygen atoms in total. The molecule has 122 valence electrons. The van der Waals surface area contributed by atoms with Gasteiger partial charge >= 0.3 is 0 Å². The Morgan fingerprint density at radius 1 is 1.17 bits per heavy atom. The molecule has 2 fully saturated rings. The van der Waals surface area contributed by atoms with E-state index < -0.39 is 25.9 Å². The highest BCUT2D eigenvalue weighted by Gasteiger charge is 2.51. The quantitative estimate of drug-likeness (QED) is 0.872. The van der Waals surface area contributed by atoms with E-state index in [9.17, 15) is 13.5 Å². The third-order valence-corrected chi connectivity index (χ3v) is 8.30. The highest BCUT2D eigenvalue weighted by atomic mass is 32.2. The highest BCUT2D eigenvalue weighted by Crippen LogP contribution is 2.47. The van der Waals surface area contributed by atoms with Crippen LogP contribution in [0.25, 0.3) is 10.9 Å². The van der Waals surface area contributed by atoms with E-state index in [4.69, 9.17) is 0 Å². The fourth-order valence-corrected chi connectivity index (χ4v) is 7.01. The Balaban J connectivity index is 1.83. The van der Waals surface area contributed by atoms with Crippen molar-refractivity contribution >= 4 is 20.7 Å². The number of fused-ring (bicyclic) bond motifs is 3. The number of pyridine rings is 1. The second-order valence-corrected chi connectivity index (χ2v) is 9.53. The first-order valence-electron chi connectivity index (χ1n) is 8.22. The van der Waals surface area contributed by atoms with Gasteiger partial charge in [-0.1, -0.05) is 24.6 Å². The lowest BCUT2D eigenvalue weighted by atomic mass is 9.78. The molecular weight excluding hydrogens is 310 g/mol. The van der Waals surface area contributed by atoms with Crippen molar-refractivity contribution in [2.45, 2.75) is 55.1 Å². The first kappa shape index (κ1) is 15.1. The molecule has 3 heterocycles. The van der Waals surface area contributed by atoms with Gasteiger partial charge in [0.25, 0.3) is 0 Å². The van der Waals surface area contributed by atoms with Crippen LogP contribution < -0.4 is 0 Å². The molecule has 2 aliphatic rings. The lowest BCUT2D eigenvalue weighted by molar-refractivity contribution is 0.00458. The molecule has 2 aromatic rings. The first-order valence-corrected chi connectivity index (χ1v) is 9.83. The number of sulfone groups is 1. The average molecular weight is 331 g/mol. The predicted molar refractivity (Wildman–Crippen MR) is 90.0 cm³/mol. The molecule has 1 aromatic heterocycles. The molecule has 2 atom stereocenters. The van der Waals surface area contributed by atoms with Crippen molar-refractivity contribution in [1.82, 2.24) is 4.98 Å². The number of aliphatic hydroxyl groups is 1. The minimum Gasteiger partial charge on any atom is -0.385 e. The van der Waals surface area contributed by atoms with Crippen LogP contribution >= 0.6 is 0 Å². The highest BCUT2D eigenvalue weighted by molar-refractivity contribution is 7.92. The number of benzene rings is 1. The summed E-state index contributed by atoms with van der Waals surface area (Å²) in [6, 6.07) is 7.82. The maximum Gasteiger partial charge on any atom is 0.156 e. The average Bonchev–Trinajstić information content (AvgIpc) is 2.49. The number of hydrogen-bond acceptors (Lipinski definition) is 4. The Kier molecular flexibility index (Phi) is 3.29. The summed E-state index contributed by atoms with van der Waals surface area (Å²) >= 11 is 0. The zero-order chi connectivity index (χ0) is 16.2. The zero-order valence-corrected chi connectivity index (χ0v) is 14.0. The van der Waals surface area contributed by atoms with Gasteiger partial charge in [-0.05, 0) is 49.8 Å². The van der Waals surface area contributed by atoms with Crippen molar-refractivity contribution in [3.63, 3.8) is 0 Å². The summed E-state index contributed by atoms with van der Waals surface area (Å²) in [5.74, 6) is 0. The number of aryl methyl sites for hydroxylation is 1. The Hall–Kier alpha value is -1.46. The molecule has 2 unspecified atom stereocenters. The van der Waals surface area contributed by atoms with Gasteiger partial charge in [0.15, 0.2) is 9.84 Å². The Morgan fingerprint density at radius 3 is 2.57 bits per heavy atom. The summed E-state index contributed by atoms with van der Waals surface area (Å²) in [6.07, 6.45) is 4.67. The van der Waals surface area contributed by atoms with E-state index in [0.717, 1.165) is 28.5 Å². The Labute approximate surface area is 136 Å². The second kappa shape index (κ2) is 5.02. The fraction of sp³-hybridized carbons (Fsp3) is 0.500. The molecule has 0 spiro atoms. The maximum atomic E-state index is 12.5. The predicted octanol–water partition coefficient (Wildman–Crippen LogP) is 2.86. The van der Waals surface area contributed by atoms with Crippen molar-refractivity contribution in [2.24, 2.45) is 0 Å². The molecule has 2 saturated heterocycles. The van der Waals surface area contributed by atoms with Crippen LogP contribution in [0.2, 0.25) is 0 Å². The van der Waals surface area contributed by atoms with Crippen LogP contribution in [-0.4, -0.2) is 29.0 Å². The second-order valence-electron chi connectivity index (χ2n) is 7.02. The van der Waals surface area contributed by atoms with Crippen molar-refractivity contribution < 1.29 is 13.5 Å². The van der Waals surface area contributed by atoms with Crippen molar-refractivity contribution in [3.8, 4) is 0 Å². The first-order chi connectivity index (χ1) is 10.9. The summed E-state index contributed by atoms with van der Waals surface area (Å²) < 4.78 is 25.0. The molecular formula is C18H21NO3S. The van der Waals surface area contributed by atoms with Crippen molar-refractivity contribution in [2.75, 3.05) is 0 Å². The van der Waals surface area contributed by atoms with Gasteiger partial charge in [0.05, 0.1) is 21.6 Å². The van der Waals surface area contributed by atoms with E-state index in [0.29, 0.717) is 25.7 Å². The SMILES string of the molecule is Cc1c(C2(O)CC3CCCC(C2)S3(=O)=O)ccc2cccnc12. The van der Waals surface area contributed by atoms with Gasteiger partial charge in [-0.3, -0.25) is 4.98 Å². The monoisotopic (exact) mass is 331 g/mol. The molecule has 0 radical (unpaired) electrons. The molecule has 0 aliphatic carbocycles. The Morgan fingerprint density at radius 2 is 1.87 bits per heavy atom. The molecule has 5 heteroatoms. The fourth-order valence-electron chi connectivity index (χ4n) is 4.46. The molecule has 4 rings (SSSR count). The molecule has 23 heavy (non-hydrogen) atoms. The van der Waals surface area contributed by atoms with Crippen LogP contribution in [-0.2, 0) is 15.4 Å². The lowest BCUT2D eigenvalue weighted by Crippen LogP contribution is -2.50.